The van der Waals surface area contributed by atoms with Crippen LogP contribution in [0.15, 0.2) is 24.3 Å². The molecule has 1 aromatic rings. The average Bonchev–Trinajstić information content (AvgIpc) is 2.87. The third kappa shape index (κ3) is 3.49. The zero-order chi connectivity index (χ0) is 14.5. The van der Waals surface area contributed by atoms with E-state index in [-0.39, 0.29) is 18.6 Å². The maximum absolute atomic E-state index is 12.1. The van der Waals surface area contributed by atoms with Crippen molar-refractivity contribution < 1.29 is 19.4 Å². The number of ether oxygens (including phenoxy) is 1. The Bertz CT molecular complexity index is 506. The summed E-state index contributed by atoms with van der Waals surface area (Å²) in [6.45, 7) is -0.0330. The fraction of sp³-hybridized carbons (Fsp3) is 0.429. The molecule has 0 aliphatic carbocycles. The summed E-state index contributed by atoms with van der Waals surface area (Å²) >= 11 is 6.17. The van der Waals surface area contributed by atoms with Crippen molar-refractivity contribution in [1.82, 2.24) is 4.90 Å². The maximum Gasteiger partial charge on any atom is 0.329 e. The summed E-state index contributed by atoms with van der Waals surface area (Å²) in [5, 5.41) is 9.13. The van der Waals surface area contributed by atoms with Crippen LogP contribution < -0.4 is 0 Å². The second-order valence-corrected chi connectivity index (χ2v) is 5.06. The molecular formula is C14H16ClNO4. The zero-order valence-corrected chi connectivity index (χ0v) is 11.7. The SMILES string of the molecule is O=C(O)COCC(=O)N1CCCC1c1ccccc1Cl. The van der Waals surface area contributed by atoms with Crippen LogP contribution in [0.2, 0.25) is 5.02 Å². The van der Waals surface area contributed by atoms with Crippen LogP contribution in [0.25, 0.3) is 0 Å². The molecule has 6 heteroatoms. The Hall–Kier alpha value is -1.59. The quantitative estimate of drug-likeness (QED) is 0.904. The van der Waals surface area contributed by atoms with Gasteiger partial charge in [-0.1, -0.05) is 29.8 Å². The van der Waals surface area contributed by atoms with Crippen LogP contribution in [0.4, 0.5) is 0 Å². The third-order valence-corrected chi connectivity index (χ3v) is 3.63. The molecule has 0 aromatic heterocycles. The molecule has 1 saturated heterocycles. The Labute approximate surface area is 122 Å². The van der Waals surface area contributed by atoms with Gasteiger partial charge in [-0.15, -0.1) is 0 Å². The Morgan fingerprint density at radius 2 is 2.10 bits per heavy atom. The predicted molar refractivity (Wildman–Crippen MR) is 73.6 cm³/mol. The number of hydrogen-bond acceptors (Lipinski definition) is 3. The first-order valence-electron chi connectivity index (χ1n) is 6.43. The number of likely N-dealkylation sites (tertiary alicyclic amines) is 1. The number of carbonyl (C=O) groups is 2. The van der Waals surface area contributed by atoms with Crippen molar-refractivity contribution in [3.63, 3.8) is 0 Å². The minimum Gasteiger partial charge on any atom is -0.480 e. The first-order chi connectivity index (χ1) is 9.59. The van der Waals surface area contributed by atoms with Crippen LogP contribution >= 0.6 is 11.6 Å². The van der Waals surface area contributed by atoms with Crippen molar-refractivity contribution in [2.75, 3.05) is 19.8 Å². The van der Waals surface area contributed by atoms with Gasteiger partial charge in [0.1, 0.15) is 13.2 Å². The second kappa shape index (κ2) is 6.72. The molecule has 2 rings (SSSR count). The summed E-state index contributed by atoms with van der Waals surface area (Å²) < 4.78 is 4.86. The number of amides is 1. The largest absolute Gasteiger partial charge is 0.480 e. The molecule has 1 unspecified atom stereocenters. The summed E-state index contributed by atoms with van der Waals surface area (Å²) in [7, 11) is 0. The summed E-state index contributed by atoms with van der Waals surface area (Å²) in [5.74, 6) is -1.28. The molecule has 20 heavy (non-hydrogen) atoms. The molecule has 1 fully saturated rings. The molecule has 1 atom stereocenters. The van der Waals surface area contributed by atoms with E-state index in [0.717, 1.165) is 18.4 Å². The second-order valence-electron chi connectivity index (χ2n) is 4.65. The van der Waals surface area contributed by atoms with Gasteiger partial charge in [-0.2, -0.15) is 0 Å². The summed E-state index contributed by atoms with van der Waals surface area (Å²) in [5.41, 5.74) is 0.929. The molecule has 0 bridgehead atoms. The highest BCUT2D eigenvalue weighted by Crippen LogP contribution is 2.35. The van der Waals surface area contributed by atoms with Gasteiger partial charge >= 0.3 is 5.97 Å². The Kier molecular flexibility index (Phi) is 4.98. The average molecular weight is 298 g/mol. The van der Waals surface area contributed by atoms with Crippen molar-refractivity contribution in [2.45, 2.75) is 18.9 Å². The number of carboxylic acid groups (broad SMARTS) is 1. The highest BCUT2D eigenvalue weighted by Gasteiger charge is 2.30. The standard InChI is InChI=1S/C14H16ClNO4/c15-11-5-2-1-4-10(11)12-6-3-7-16(12)13(17)8-20-9-14(18)19/h1-2,4-5,12H,3,6-9H2,(H,18,19). The lowest BCUT2D eigenvalue weighted by atomic mass is 10.0. The fourth-order valence-electron chi connectivity index (χ4n) is 2.44. The lowest BCUT2D eigenvalue weighted by Crippen LogP contribution is -2.34. The normalized spacial score (nSPS) is 18.2. The lowest BCUT2D eigenvalue weighted by molar-refractivity contribution is -0.146. The maximum atomic E-state index is 12.1. The van der Waals surface area contributed by atoms with Crippen molar-refractivity contribution in [1.29, 1.82) is 0 Å². The number of aliphatic carboxylic acids is 1. The molecule has 1 aliphatic heterocycles. The number of hydrogen-bond donors (Lipinski definition) is 1. The van der Waals surface area contributed by atoms with E-state index in [2.05, 4.69) is 0 Å². The van der Waals surface area contributed by atoms with Crippen molar-refractivity contribution in [2.24, 2.45) is 0 Å². The van der Waals surface area contributed by atoms with E-state index in [0.29, 0.717) is 11.6 Å². The number of halogens is 1. The first-order valence-corrected chi connectivity index (χ1v) is 6.81. The van der Waals surface area contributed by atoms with Gasteiger partial charge in [-0.05, 0) is 24.5 Å². The van der Waals surface area contributed by atoms with Gasteiger partial charge in [-0.25, -0.2) is 4.79 Å². The molecular weight excluding hydrogens is 282 g/mol. The van der Waals surface area contributed by atoms with Crippen LogP contribution in [0.5, 0.6) is 0 Å². The summed E-state index contributed by atoms with van der Waals surface area (Å²) in [6.07, 6.45) is 1.76. The number of carbonyl (C=O) groups excluding carboxylic acids is 1. The van der Waals surface area contributed by atoms with E-state index in [4.69, 9.17) is 21.4 Å². The fourth-order valence-corrected chi connectivity index (χ4v) is 2.70. The smallest absolute Gasteiger partial charge is 0.329 e. The van der Waals surface area contributed by atoms with Gasteiger partial charge in [0.2, 0.25) is 5.91 Å². The Morgan fingerprint density at radius 1 is 1.35 bits per heavy atom. The van der Waals surface area contributed by atoms with Crippen molar-refractivity contribution in [3.8, 4) is 0 Å². The number of carboxylic acids is 1. The Morgan fingerprint density at radius 3 is 2.80 bits per heavy atom. The summed E-state index contributed by atoms with van der Waals surface area (Å²) in [6, 6.07) is 7.41. The first kappa shape index (κ1) is 14.8. The molecule has 1 heterocycles. The van der Waals surface area contributed by atoms with Crippen LogP contribution in [0.1, 0.15) is 24.4 Å². The molecule has 0 spiro atoms. The molecule has 1 aromatic carbocycles. The van der Waals surface area contributed by atoms with Crippen LogP contribution in [0, 0.1) is 0 Å². The van der Waals surface area contributed by atoms with Crippen LogP contribution in [0.3, 0.4) is 0 Å². The van der Waals surface area contributed by atoms with E-state index < -0.39 is 12.6 Å². The van der Waals surface area contributed by atoms with Gasteiger partial charge < -0.3 is 14.7 Å². The van der Waals surface area contributed by atoms with Gasteiger partial charge in [0.25, 0.3) is 0 Å². The van der Waals surface area contributed by atoms with Crippen molar-refractivity contribution >= 4 is 23.5 Å². The number of benzene rings is 1. The molecule has 0 saturated carbocycles. The number of rotatable bonds is 5. The van der Waals surface area contributed by atoms with Gasteiger partial charge in [0.15, 0.2) is 0 Å². The highest BCUT2D eigenvalue weighted by molar-refractivity contribution is 6.31. The Balaban J connectivity index is 2.02. The third-order valence-electron chi connectivity index (χ3n) is 3.29. The topological polar surface area (TPSA) is 66.8 Å². The van der Waals surface area contributed by atoms with E-state index in [1.54, 1.807) is 11.0 Å². The molecule has 108 valence electrons. The van der Waals surface area contributed by atoms with Crippen LogP contribution in [-0.4, -0.2) is 41.6 Å². The van der Waals surface area contributed by atoms with E-state index >= 15 is 0 Å². The van der Waals surface area contributed by atoms with Crippen molar-refractivity contribution in [3.05, 3.63) is 34.9 Å². The zero-order valence-electron chi connectivity index (χ0n) is 10.9. The van der Waals surface area contributed by atoms with E-state index in [1.807, 2.05) is 18.2 Å². The van der Waals surface area contributed by atoms with Gasteiger partial charge in [0.05, 0.1) is 6.04 Å². The minimum absolute atomic E-state index is 0.0513. The predicted octanol–water partition coefficient (Wildman–Crippen LogP) is 2.10. The monoisotopic (exact) mass is 297 g/mol. The highest BCUT2D eigenvalue weighted by atomic mass is 35.5. The molecule has 5 nitrogen and oxygen atoms in total. The number of nitrogens with zero attached hydrogens (tertiary/aromatic N) is 1. The van der Waals surface area contributed by atoms with E-state index in [9.17, 15) is 9.59 Å². The van der Waals surface area contributed by atoms with E-state index in [1.165, 1.54) is 0 Å². The molecule has 0 radical (unpaired) electrons. The van der Waals surface area contributed by atoms with Crippen LogP contribution in [-0.2, 0) is 14.3 Å². The van der Waals surface area contributed by atoms with Gasteiger partial charge in [0, 0.05) is 11.6 Å². The molecule has 1 amide bonds. The molecule has 1 aliphatic rings. The minimum atomic E-state index is -1.08. The molecule has 1 N–H and O–H groups in total. The lowest BCUT2D eigenvalue weighted by Gasteiger charge is -2.25. The summed E-state index contributed by atoms with van der Waals surface area (Å²) in [4.78, 5) is 24.2. The van der Waals surface area contributed by atoms with Gasteiger partial charge in [-0.3, -0.25) is 4.79 Å².